The second kappa shape index (κ2) is 9.42. The van der Waals surface area contributed by atoms with Crippen LogP contribution >= 0.6 is 0 Å². The monoisotopic (exact) mass is 434 g/mol. The number of anilines is 1. The fraction of sp³-hybridized carbons (Fsp3) is 0.400. The lowest BCUT2D eigenvalue weighted by atomic mass is 10.2. The van der Waals surface area contributed by atoms with Crippen LogP contribution in [0, 0.1) is 0 Å². The Bertz CT molecular complexity index is 1120. The predicted octanol–water partition coefficient (Wildman–Crippen LogP) is 3.96. The number of amides is 1. The molecule has 168 valence electrons. The van der Waals surface area contributed by atoms with Crippen molar-refractivity contribution in [2.24, 2.45) is 0 Å². The van der Waals surface area contributed by atoms with Crippen LogP contribution in [0.3, 0.4) is 0 Å². The molecule has 4 rings (SSSR count). The molecule has 1 amide bonds. The van der Waals surface area contributed by atoms with E-state index in [1.54, 1.807) is 19.1 Å². The normalized spacial score (nSPS) is 13.7. The highest BCUT2D eigenvalue weighted by Gasteiger charge is 2.20. The van der Waals surface area contributed by atoms with E-state index in [-0.39, 0.29) is 11.9 Å². The number of aryl methyl sites for hydroxylation is 1. The molecule has 1 saturated heterocycles. The molecule has 32 heavy (non-hydrogen) atoms. The van der Waals surface area contributed by atoms with E-state index in [0.29, 0.717) is 18.6 Å². The number of imidazole rings is 1. The van der Waals surface area contributed by atoms with Gasteiger partial charge in [0.1, 0.15) is 5.82 Å². The van der Waals surface area contributed by atoms with Crippen LogP contribution in [0.15, 0.2) is 42.5 Å². The summed E-state index contributed by atoms with van der Waals surface area (Å²) in [6, 6.07) is 13.8. The highest BCUT2D eigenvalue weighted by molar-refractivity contribution is 5.94. The molecule has 3 aromatic rings. The zero-order valence-corrected chi connectivity index (χ0v) is 19.0. The van der Waals surface area contributed by atoms with Gasteiger partial charge in [-0.2, -0.15) is 0 Å². The van der Waals surface area contributed by atoms with Gasteiger partial charge >= 0.3 is 5.97 Å². The molecule has 0 radical (unpaired) electrons. The number of hydrogen-bond donors (Lipinski definition) is 0. The zero-order chi connectivity index (χ0) is 22.7. The van der Waals surface area contributed by atoms with E-state index in [4.69, 9.17) is 9.72 Å². The summed E-state index contributed by atoms with van der Waals surface area (Å²) in [5, 5.41) is 0. The first kappa shape index (κ1) is 21.9. The maximum Gasteiger partial charge on any atom is 0.338 e. The molecular formula is C25H30N4O3. The molecule has 0 bridgehead atoms. The highest BCUT2D eigenvalue weighted by atomic mass is 16.5. The molecule has 0 atom stereocenters. The Labute approximate surface area is 188 Å². The number of likely N-dealkylation sites (tertiary alicyclic amines) is 1. The molecule has 0 unspecified atom stereocenters. The van der Waals surface area contributed by atoms with E-state index in [2.05, 4.69) is 33.7 Å². The zero-order valence-electron chi connectivity index (χ0n) is 19.0. The van der Waals surface area contributed by atoms with Crippen LogP contribution in [0.5, 0.6) is 0 Å². The summed E-state index contributed by atoms with van der Waals surface area (Å²) < 4.78 is 7.34. The number of esters is 1. The van der Waals surface area contributed by atoms with Crippen LogP contribution in [0.4, 0.5) is 5.69 Å². The minimum Gasteiger partial charge on any atom is -0.462 e. The smallest absolute Gasteiger partial charge is 0.338 e. The first-order chi connectivity index (χ1) is 15.5. The van der Waals surface area contributed by atoms with E-state index >= 15 is 0 Å². The highest BCUT2D eigenvalue weighted by Crippen LogP contribution is 2.28. The van der Waals surface area contributed by atoms with Crippen molar-refractivity contribution in [2.75, 3.05) is 38.7 Å². The largest absolute Gasteiger partial charge is 0.462 e. The third-order valence-corrected chi connectivity index (χ3v) is 5.88. The molecule has 0 N–H and O–H groups in total. The second-order valence-electron chi connectivity index (χ2n) is 8.29. The molecule has 1 aliphatic heterocycles. The van der Waals surface area contributed by atoms with Crippen LogP contribution in [-0.4, -0.2) is 60.1 Å². The van der Waals surface area contributed by atoms with E-state index < -0.39 is 0 Å². The molecule has 7 heteroatoms. The van der Waals surface area contributed by atoms with Gasteiger partial charge < -0.3 is 19.1 Å². The van der Waals surface area contributed by atoms with Gasteiger partial charge in [0, 0.05) is 51.4 Å². The number of carbonyl (C=O) groups excluding carboxylic acids is 2. The van der Waals surface area contributed by atoms with Gasteiger partial charge in [-0.15, -0.1) is 0 Å². The average Bonchev–Trinajstić information content (AvgIpc) is 3.37. The number of benzene rings is 2. The summed E-state index contributed by atoms with van der Waals surface area (Å²) >= 11 is 0. The standard InChI is InChI=1S/C25H30N4O3/c1-4-32-25(31)19-10-13-22-21(17-19)26-24(18-8-11-20(12-9-18)27(2)3)29(22)16-6-15-28-14-5-7-23(28)30/h8-13,17H,4-7,14-16H2,1-3H3. The van der Waals surface area contributed by atoms with Gasteiger partial charge in [-0.05, 0) is 62.2 Å². The first-order valence-corrected chi connectivity index (χ1v) is 11.2. The van der Waals surface area contributed by atoms with Crippen LogP contribution in [0.1, 0.15) is 36.5 Å². The summed E-state index contributed by atoms with van der Waals surface area (Å²) in [6.07, 6.45) is 2.46. The lowest BCUT2D eigenvalue weighted by Crippen LogP contribution is -2.26. The molecular weight excluding hydrogens is 404 g/mol. The van der Waals surface area contributed by atoms with Crippen molar-refractivity contribution >= 4 is 28.6 Å². The maximum absolute atomic E-state index is 12.2. The molecule has 0 saturated carbocycles. The van der Waals surface area contributed by atoms with Crippen molar-refractivity contribution < 1.29 is 14.3 Å². The van der Waals surface area contributed by atoms with Crippen molar-refractivity contribution in [3.05, 3.63) is 48.0 Å². The lowest BCUT2D eigenvalue weighted by molar-refractivity contribution is -0.127. The minimum absolute atomic E-state index is 0.249. The van der Waals surface area contributed by atoms with Gasteiger partial charge in [-0.3, -0.25) is 4.79 Å². The van der Waals surface area contributed by atoms with Gasteiger partial charge in [-0.1, -0.05) is 0 Å². The van der Waals surface area contributed by atoms with Crippen LogP contribution in [-0.2, 0) is 16.1 Å². The van der Waals surface area contributed by atoms with Crippen LogP contribution in [0.25, 0.3) is 22.4 Å². The predicted molar refractivity (Wildman–Crippen MR) is 126 cm³/mol. The third kappa shape index (κ3) is 4.47. The van der Waals surface area contributed by atoms with E-state index in [9.17, 15) is 9.59 Å². The summed E-state index contributed by atoms with van der Waals surface area (Å²) in [4.78, 5) is 33.1. The Kier molecular flexibility index (Phi) is 6.44. The summed E-state index contributed by atoms with van der Waals surface area (Å²) in [5.41, 5.74) is 4.37. The minimum atomic E-state index is -0.339. The number of aromatic nitrogens is 2. The third-order valence-electron chi connectivity index (χ3n) is 5.88. The quantitative estimate of drug-likeness (QED) is 0.502. The van der Waals surface area contributed by atoms with E-state index in [0.717, 1.165) is 60.6 Å². The van der Waals surface area contributed by atoms with E-state index in [1.165, 1.54) is 0 Å². The van der Waals surface area contributed by atoms with Crippen LogP contribution < -0.4 is 4.90 Å². The number of rotatable bonds is 8. The fourth-order valence-electron chi connectivity index (χ4n) is 4.19. The van der Waals surface area contributed by atoms with Gasteiger partial charge in [0.15, 0.2) is 0 Å². The summed E-state index contributed by atoms with van der Waals surface area (Å²) in [7, 11) is 4.03. The van der Waals surface area contributed by atoms with Gasteiger partial charge in [0.05, 0.1) is 23.2 Å². The molecule has 0 spiro atoms. The number of ether oxygens (including phenoxy) is 1. The Morgan fingerprint density at radius 1 is 1.12 bits per heavy atom. The van der Waals surface area contributed by atoms with Crippen molar-refractivity contribution in [3.63, 3.8) is 0 Å². The molecule has 1 aromatic heterocycles. The second-order valence-corrected chi connectivity index (χ2v) is 8.29. The van der Waals surface area contributed by atoms with Crippen molar-refractivity contribution in [3.8, 4) is 11.4 Å². The topological polar surface area (TPSA) is 67.7 Å². The first-order valence-electron chi connectivity index (χ1n) is 11.2. The lowest BCUT2D eigenvalue weighted by Gasteiger charge is -2.17. The molecule has 1 fully saturated rings. The molecule has 7 nitrogen and oxygen atoms in total. The SMILES string of the molecule is CCOC(=O)c1ccc2c(c1)nc(-c1ccc(N(C)C)cc1)n2CCCN1CCCC1=O. The Hall–Kier alpha value is -3.35. The molecule has 2 heterocycles. The Morgan fingerprint density at radius 2 is 1.91 bits per heavy atom. The Morgan fingerprint density at radius 3 is 2.56 bits per heavy atom. The fourth-order valence-corrected chi connectivity index (χ4v) is 4.19. The summed E-state index contributed by atoms with van der Waals surface area (Å²) in [6.45, 7) is 4.48. The molecule has 2 aromatic carbocycles. The van der Waals surface area contributed by atoms with Crippen molar-refractivity contribution in [1.82, 2.24) is 14.5 Å². The van der Waals surface area contributed by atoms with Crippen molar-refractivity contribution in [1.29, 1.82) is 0 Å². The number of fused-ring (bicyclic) bond motifs is 1. The van der Waals surface area contributed by atoms with Gasteiger partial charge in [0.2, 0.25) is 5.91 Å². The Balaban J connectivity index is 1.67. The summed E-state index contributed by atoms with van der Waals surface area (Å²) in [5.74, 6) is 0.770. The maximum atomic E-state index is 12.2. The van der Waals surface area contributed by atoms with Gasteiger partial charge in [-0.25, -0.2) is 9.78 Å². The molecule has 0 aliphatic carbocycles. The average molecular weight is 435 g/mol. The number of hydrogen-bond acceptors (Lipinski definition) is 5. The molecule has 1 aliphatic rings. The number of carbonyl (C=O) groups is 2. The number of nitrogens with zero attached hydrogens (tertiary/aromatic N) is 4. The van der Waals surface area contributed by atoms with E-state index in [1.807, 2.05) is 25.1 Å². The van der Waals surface area contributed by atoms with Gasteiger partial charge in [0.25, 0.3) is 0 Å². The van der Waals surface area contributed by atoms with Crippen molar-refractivity contribution in [2.45, 2.75) is 32.7 Å². The van der Waals surface area contributed by atoms with Crippen LogP contribution in [0.2, 0.25) is 0 Å².